The second-order valence-corrected chi connectivity index (χ2v) is 7.98. The van der Waals surface area contributed by atoms with Gasteiger partial charge < -0.3 is 5.32 Å². The number of carbonyl (C=O) groups is 1. The lowest BCUT2D eigenvalue weighted by Crippen LogP contribution is -2.39. The molecule has 0 aromatic heterocycles. The van der Waals surface area contributed by atoms with Crippen molar-refractivity contribution in [3.05, 3.63) is 0 Å². The van der Waals surface area contributed by atoms with E-state index in [0.717, 1.165) is 13.1 Å². The molecule has 1 fully saturated rings. The van der Waals surface area contributed by atoms with E-state index in [-0.39, 0.29) is 5.91 Å². The third kappa shape index (κ3) is 7.36. The molecule has 0 aromatic rings. The second kappa shape index (κ2) is 11.7. The third-order valence-corrected chi connectivity index (χ3v) is 5.98. The van der Waals surface area contributed by atoms with E-state index in [1.807, 2.05) is 6.92 Å². The molecule has 0 spiro atoms. The highest BCUT2D eigenvalue weighted by Gasteiger charge is 2.24. The SMILES string of the molecule is CC1=NCC2CCCCCCCCCCCCCCC2CNC1=O. The Labute approximate surface area is 149 Å². The average molecular weight is 335 g/mol. The predicted molar refractivity (Wildman–Crippen MR) is 103 cm³/mol. The number of rotatable bonds is 0. The number of fused-ring (bicyclic) bond motifs is 1. The molecule has 2 atom stereocenters. The van der Waals surface area contributed by atoms with Crippen molar-refractivity contribution in [2.45, 2.75) is 96.8 Å². The van der Waals surface area contributed by atoms with Crippen molar-refractivity contribution in [2.24, 2.45) is 16.8 Å². The largest absolute Gasteiger partial charge is 0.351 e. The van der Waals surface area contributed by atoms with Crippen LogP contribution in [0.4, 0.5) is 0 Å². The number of hydrogen-bond acceptors (Lipinski definition) is 2. The second-order valence-electron chi connectivity index (χ2n) is 7.98. The van der Waals surface area contributed by atoms with E-state index in [0.29, 0.717) is 17.5 Å². The van der Waals surface area contributed by atoms with E-state index >= 15 is 0 Å². The van der Waals surface area contributed by atoms with E-state index in [1.165, 1.54) is 89.9 Å². The van der Waals surface area contributed by atoms with E-state index < -0.39 is 0 Å². The molecule has 2 aliphatic rings. The third-order valence-electron chi connectivity index (χ3n) is 5.98. The molecule has 2 unspecified atom stereocenters. The van der Waals surface area contributed by atoms with Crippen LogP contribution in [-0.2, 0) is 4.79 Å². The normalized spacial score (nSPS) is 29.5. The summed E-state index contributed by atoms with van der Waals surface area (Å²) in [7, 11) is 0. The van der Waals surface area contributed by atoms with Gasteiger partial charge in [0.15, 0.2) is 0 Å². The van der Waals surface area contributed by atoms with Gasteiger partial charge in [0.25, 0.3) is 5.91 Å². The first-order chi connectivity index (χ1) is 11.8. The van der Waals surface area contributed by atoms with E-state index in [9.17, 15) is 4.79 Å². The van der Waals surface area contributed by atoms with Crippen LogP contribution in [0.2, 0.25) is 0 Å². The molecule has 0 bridgehead atoms. The molecule has 1 heterocycles. The molecule has 138 valence electrons. The Bertz CT molecular complexity index is 391. The monoisotopic (exact) mass is 334 g/mol. The van der Waals surface area contributed by atoms with Crippen LogP contribution in [0.15, 0.2) is 4.99 Å². The first-order valence-corrected chi connectivity index (χ1v) is 10.6. The summed E-state index contributed by atoms with van der Waals surface area (Å²) in [6.07, 6.45) is 19.3. The van der Waals surface area contributed by atoms with Gasteiger partial charge in [-0.25, -0.2) is 0 Å². The van der Waals surface area contributed by atoms with Crippen LogP contribution in [0.3, 0.4) is 0 Å². The highest BCUT2D eigenvalue weighted by molar-refractivity contribution is 6.37. The molecular weight excluding hydrogens is 296 g/mol. The molecule has 0 radical (unpaired) electrons. The summed E-state index contributed by atoms with van der Waals surface area (Å²) in [5.74, 6) is 1.33. The molecule has 1 aliphatic heterocycles. The van der Waals surface area contributed by atoms with Crippen LogP contribution in [0.1, 0.15) is 96.8 Å². The summed E-state index contributed by atoms with van der Waals surface area (Å²) >= 11 is 0. The maximum atomic E-state index is 11.9. The van der Waals surface area contributed by atoms with Gasteiger partial charge in [-0.05, 0) is 31.6 Å². The van der Waals surface area contributed by atoms with Gasteiger partial charge in [-0.15, -0.1) is 0 Å². The highest BCUT2D eigenvalue weighted by Crippen LogP contribution is 2.26. The first-order valence-electron chi connectivity index (χ1n) is 10.6. The molecule has 1 N–H and O–H groups in total. The minimum atomic E-state index is 0.0422. The fourth-order valence-electron chi connectivity index (χ4n) is 4.24. The standard InChI is InChI=1S/C21H38N2O/c1-18-21(24)23-17-20-15-13-11-9-7-5-3-2-4-6-8-10-12-14-19(20)16-22-18/h19-20H,2-17H2,1H3,(H,23,24). The van der Waals surface area contributed by atoms with Gasteiger partial charge in [0, 0.05) is 13.1 Å². The van der Waals surface area contributed by atoms with Crippen molar-refractivity contribution < 1.29 is 4.79 Å². The Morgan fingerprint density at radius 1 is 0.750 bits per heavy atom. The maximum Gasteiger partial charge on any atom is 0.264 e. The fourth-order valence-corrected chi connectivity index (χ4v) is 4.24. The number of nitrogens with zero attached hydrogens (tertiary/aromatic N) is 1. The van der Waals surface area contributed by atoms with Crippen molar-refractivity contribution in [3.8, 4) is 0 Å². The Kier molecular flexibility index (Phi) is 9.45. The van der Waals surface area contributed by atoms with Crippen LogP contribution in [0, 0.1) is 11.8 Å². The Balaban J connectivity index is 1.90. The fraction of sp³-hybridized carbons (Fsp3) is 0.905. The van der Waals surface area contributed by atoms with Crippen LogP contribution in [0.5, 0.6) is 0 Å². The molecule has 24 heavy (non-hydrogen) atoms. The maximum absolute atomic E-state index is 11.9. The van der Waals surface area contributed by atoms with Crippen molar-refractivity contribution in [2.75, 3.05) is 13.1 Å². The molecule has 0 saturated heterocycles. The van der Waals surface area contributed by atoms with Gasteiger partial charge in [-0.3, -0.25) is 9.79 Å². The van der Waals surface area contributed by atoms with Gasteiger partial charge in [0.1, 0.15) is 0 Å². The number of hydrogen-bond donors (Lipinski definition) is 1. The molecule has 2 rings (SSSR count). The Hall–Kier alpha value is -0.860. The highest BCUT2D eigenvalue weighted by atomic mass is 16.1. The van der Waals surface area contributed by atoms with E-state index in [1.54, 1.807) is 0 Å². The van der Waals surface area contributed by atoms with Gasteiger partial charge in [0.05, 0.1) is 5.71 Å². The van der Waals surface area contributed by atoms with Crippen molar-refractivity contribution >= 4 is 11.6 Å². The van der Waals surface area contributed by atoms with Gasteiger partial charge in [-0.2, -0.15) is 0 Å². The Morgan fingerprint density at radius 2 is 1.21 bits per heavy atom. The lowest BCUT2D eigenvalue weighted by atomic mass is 9.83. The molecule has 3 nitrogen and oxygen atoms in total. The van der Waals surface area contributed by atoms with Gasteiger partial charge >= 0.3 is 0 Å². The minimum absolute atomic E-state index is 0.0422. The minimum Gasteiger partial charge on any atom is -0.351 e. The van der Waals surface area contributed by atoms with Crippen LogP contribution < -0.4 is 5.32 Å². The summed E-state index contributed by atoms with van der Waals surface area (Å²) in [4.78, 5) is 16.5. The quantitative estimate of drug-likeness (QED) is 0.643. The van der Waals surface area contributed by atoms with Crippen molar-refractivity contribution in [1.82, 2.24) is 5.32 Å². The summed E-state index contributed by atoms with van der Waals surface area (Å²) in [5.41, 5.74) is 0.667. The molecule has 3 heteroatoms. The number of amides is 1. The summed E-state index contributed by atoms with van der Waals surface area (Å²) < 4.78 is 0. The lowest BCUT2D eigenvalue weighted by Gasteiger charge is -2.28. The van der Waals surface area contributed by atoms with E-state index in [4.69, 9.17) is 0 Å². The first kappa shape index (κ1) is 19.5. The van der Waals surface area contributed by atoms with Crippen LogP contribution >= 0.6 is 0 Å². The predicted octanol–water partition coefficient (Wildman–Crippen LogP) is 5.28. The molecule has 1 saturated carbocycles. The lowest BCUT2D eigenvalue weighted by molar-refractivity contribution is -0.115. The van der Waals surface area contributed by atoms with Gasteiger partial charge in [-0.1, -0.05) is 77.0 Å². The number of carbonyl (C=O) groups excluding carboxylic acids is 1. The molecular formula is C21H38N2O. The summed E-state index contributed by atoms with van der Waals surface area (Å²) in [6, 6.07) is 0. The van der Waals surface area contributed by atoms with Crippen molar-refractivity contribution in [3.63, 3.8) is 0 Å². The van der Waals surface area contributed by atoms with Crippen LogP contribution in [0.25, 0.3) is 0 Å². The molecule has 0 aromatic carbocycles. The average Bonchev–Trinajstić information content (AvgIpc) is 2.58. The number of aliphatic imine (C=N–C) groups is 1. The van der Waals surface area contributed by atoms with E-state index in [2.05, 4.69) is 10.3 Å². The van der Waals surface area contributed by atoms with Gasteiger partial charge in [0.2, 0.25) is 0 Å². The topological polar surface area (TPSA) is 41.5 Å². The zero-order valence-electron chi connectivity index (χ0n) is 15.8. The Morgan fingerprint density at radius 3 is 1.75 bits per heavy atom. The smallest absolute Gasteiger partial charge is 0.264 e. The number of nitrogens with one attached hydrogen (secondary N) is 1. The van der Waals surface area contributed by atoms with Crippen LogP contribution in [-0.4, -0.2) is 24.7 Å². The molecule has 1 aliphatic carbocycles. The summed E-state index contributed by atoms with van der Waals surface area (Å²) in [6.45, 7) is 3.57. The van der Waals surface area contributed by atoms with Crippen molar-refractivity contribution in [1.29, 1.82) is 0 Å². The zero-order chi connectivity index (χ0) is 17.0. The summed E-state index contributed by atoms with van der Waals surface area (Å²) in [5, 5.41) is 3.12. The molecule has 1 amide bonds. The zero-order valence-corrected chi connectivity index (χ0v) is 15.8.